The molecule has 3 aromatic rings. The number of amides is 1. The first-order valence-corrected chi connectivity index (χ1v) is 9.77. The van der Waals surface area contributed by atoms with Gasteiger partial charge in [-0.3, -0.25) is 4.79 Å². The maximum atomic E-state index is 13.8. The normalized spacial score (nSPS) is 11.6. The first-order chi connectivity index (χ1) is 15.0. The van der Waals surface area contributed by atoms with Gasteiger partial charge in [-0.25, -0.2) is 9.37 Å². The molecule has 0 radical (unpaired) electrons. The minimum Gasteiger partial charge on any atom is -0.493 e. The molecular formula is C23H26FN3O4. The molecular weight excluding hydrogens is 401 g/mol. The predicted molar refractivity (Wildman–Crippen MR) is 114 cm³/mol. The zero-order valence-corrected chi connectivity index (χ0v) is 18.0. The van der Waals surface area contributed by atoms with Gasteiger partial charge in [0.05, 0.1) is 21.3 Å². The van der Waals surface area contributed by atoms with Gasteiger partial charge in [-0.1, -0.05) is 12.1 Å². The van der Waals surface area contributed by atoms with E-state index < -0.39 is 6.04 Å². The molecule has 0 saturated heterocycles. The third-order valence-corrected chi connectivity index (χ3v) is 4.97. The lowest BCUT2D eigenvalue weighted by molar-refractivity contribution is -0.121. The molecule has 0 aliphatic carbocycles. The third kappa shape index (κ3) is 5.14. The van der Waals surface area contributed by atoms with E-state index in [1.807, 2.05) is 19.2 Å². The number of carbonyl (C=O) groups excluding carboxylic acids is 1. The van der Waals surface area contributed by atoms with E-state index in [1.54, 1.807) is 43.3 Å². The fourth-order valence-corrected chi connectivity index (χ4v) is 3.41. The van der Waals surface area contributed by atoms with Crippen LogP contribution in [0.1, 0.15) is 29.4 Å². The fraction of sp³-hybridized carbons (Fsp3) is 0.304. The zero-order chi connectivity index (χ0) is 22.4. The van der Waals surface area contributed by atoms with Crippen molar-refractivity contribution >= 4 is 5.91 Å². The second-order valence-corrected chi connectivity index (χ2v) is 6.99. The SMILES string of the molecule is COc1cc(CCC(=O)NC(c2cccc(F)c2)c2nccn2C)cc(OC)c1OC. The lowest BCUT2D eigenvalue weighted by Crippen LogP contribution is -2.31. The average molecular weight is 427 g/mol. The van der Waals surface area contributed by atoms with Crippen molar-refractivity contribution in [1.82, 2.24) is 14.9 Å². The maximum absolute atomic E-state index is 13.8. The molecule has 3 rings (SSSR count). The molecule has 0 aliphatic heterocycles. The van der Waals surface area contributed by atoms with Crippen LogP contribution in [0.5, 0.6) is 17.2 Å². The molecule has 0 spiro atoms. The van der Waals surface area contributed by atoms with Crippen LogP contribution in [0.3, 0.4) is 0 Å². The quantitative estimate of drug-likeness (QED) is 0.566. The standard InChI is InChI=1S/C23H26FN3O4/c1-27-11-10-25-23(27)21(16-6-5-7-17(24)14-16)26-20(28)9-8-15-12-18(29-2)22(31-4)19(13-15)30-3/h5-7,10-14,21H,8-9H2,1-4H3,(H,26,28). The Labute approximate surface area is 180 Å². The molecule has 164 valence electrons. The summed E-state index contributed by atoms with van der Waals surface area (Å²) in [6, 6.07) is 9.21. The van der Waals surface area contributed by atoms with Crippen molar-refractivity contribution in [2.45, 2.75) is 18.9 Å². The van der Waals surface area contributed by atoms with Crippen LogP contribution in [-0.4, -0.2) is 36.8 Å². The lowest BCUT2D eigenvalue weighted by atomic mass is 10.0. The highest BCUT2D eigenvalue weighted by Gasteiger charge is 2.21. The van der Waals surface area contributed by atoms with Gasteiger partial charge in [0, 0.05) is 25.9 Å². The Morgan fingerprint density at radius 3 is 2.39 bits per heavy atom. The Morgan fingerprint density at radius 1 is 1.13 bits per heavy atom. The van der Waals surface area contributed by atoms with Gasteiger partial charge in [0.15, 0.2) is 11.5 Å². The number of ether oxygens (including phenoxy) is 3. The molecule has 0 fully saturated rings. The Morgan fingerprint density at radius 2 is 1.84 bits per heavy atom. The van der Waals surface area contributed by atoms with E-state index in [1.165, 1.54) is 19.2 Å². The molecule has 1 unspecified atom stereocenters. The number of hydrogen-bond acceptors (Lipinski definition) is 5. The molecule has 1 heterocycles. The average Bonchev–Trinajstić information content (AvgIpc) is 3.20. The molecule has 31 heavy (non-hydrogen) atoms. The summed E-state index contributed by atoms with van der Waals surface area (Å²) in [5, 5.41) is 2.98. The molecule has 1 N–H and O–H groups in total. The van der Waals surface area contributed by atoms with Crippen molar-refractivity contribution in [1.29, 1.82) is 0 Å². The van der Waals surface area contributed by atoms with E-state index in [0.717, 1.165) is 5.56 Å². The van der Waals surface area contributed by atoms with Gasteiger partial charge in [0.25, 0.3) is 0 Å². The van der Waals surface area contributed by atoms with Crippen LogP contribution in [0.2, 0.25) is 0 Å². The zero-order valence-electron chi connectivity index (χ0n) is 18.0. The van der Waals surface area contributed by atoms with Crippen molar-refractivity contribution in [3.8, 4) is 17.2 Å². The summed E-state index contributed by atoms with van der Waals surface area (Å²) in [6.07, 6.45) is 4.10. The summed E-state index contributed by atoms with van der Waals surface area (Å²) in [5.74, 6) is 1.62. The lowest BCUT2D eigenvalue weighted by Gasteiger charge is -2.19. The van der Waals surface area contributed by atoms with Crippen LogP contribution in [0.25, 0.3) is 0 Å². The first kappa shape index (κ1) is 22.1. The highest BCUT2D eigenvalue weighted by Crippen LogP contribution is 2.38. The minimum absolute atomic E-state index is 0.189. The van der Waals surface area contributed by atoms with Crippen LogP contribution in [0.4, 0.5) is 4.39 Å². The van der Waals surface area contributed by atoms with E-state index in [2.05, 4.69) is 10.3 Å². The molecule has 2 aromatic carbocycles. The smallest absolute Gasteiger partial charge is 0.221 e. The van der Waals surface area contributed by atoms with Gasteiger partial charge >= 0.3 is 0 Å². The van der Waals surface area contributed by atoms with E-state index in [0.29, 0.717) is 35.1 Å². The van der Waals surface area contributed by atoms with Gasteiger partial charge in [0.2, 0.25) is 11.7 Å². The van der Waals surface area contributed by atoms with E-state index in [9.17, 15) is 9.18 Å². The first-order valence-electron chi connectivity index (χ1n) is 9.77. The van der Waals surface area contributed by atoms with Crippen molar-refractivity contribution in [3.05, 3.63) is 71.6 Å². The Balaban J connectivity index is 1.77. The maximum Gasteiger partial charge on any atom is 0.221 e. The highest BCUT2D eigenvalue weighted by atomic mass is 19.1. The number of nitrogens with one attached hydrogen (secondary N) is 1. The number of imidazole rings is 1. The largest absolute Gasteiger partial charge is 0.493 e. The molecule has 0 aliphatic rings. The Bertz CT molecular complexity index is 1030. The topological polar surface area (TPSA) is 74.6 Å². The Kier molecular flexibility index (Phi) is 7.12. The van der Waals surface area contributed by atoms with Crippen molar-refractivity contribution in [2.75, 3.05) is 21.3 Å². The second-order valence-electron chi connectivity index (χ2n) is 6.99. The Hall–Kier alpha value is -3.55. The predicted octanol–water partition coefficient (Wildman–Crippen LogP) is 3.42. The van der Waals surface area contributed by atoms with Crippen LogP contribution in [0, 0.1) is 5.82 Å². The van der Waals surface area contributed by atoms with Gasteiger partial charge in [-0.2, -0.15) is 0 Å². The number of hydrogen-bond donors (Lipinski definition) is 1. The fourth-order valence-electron chi connectivity index (χ4n) is 3.41. The summed E-state index contributed by atoms with van der Waals surface area (Å²) < 4.78 is 31.7. The van der Waals surface area contributed by atoms with E-state index in [4.69, 9.17) is 14.2 Å². The van der Waals surface area contributed by atoms with E-state index in [-0.39, 0.29) is 18.1 Å². The summed E-state index contributed by atoms with van der Waals surface area (Å²) in [5.41, 5.74) is 1.49. The van der Waals surface area contributed by atoms with Crippen LogP contribution in [0.15, 0.2) is 48.8 Å². The van der Waals surface area contributed by atoms with Crippen molar-refractivity contribution in [3.63, 3.8) is 0 Å². The number of benzene rings is 2. The molecule has 7 nitrogen and oxygen atoms in total. The monoisotopic (exact) mass is 427 g/mol. The van der Waals surface area contributed by atoms with Gasteiger partial charge < -0.3 is 24.1 Å². The van der Waals surface area contributed by atoms with Crippen LogP contribution in [-0.2, 0) is 18.3 Å². The molecule has 1 aromatic heterocycles. The van der Waals surface area contributed by atoms with Crippen LogP contribution >= 0.6 is 0 Å². The van der Waals surface area contributed by atoms with Crippen LogP contribution < -0.4 is 19.5 Å². The molecule has 1 amide bonds. The van der Waals surface area contributed by atoms with Gasteiger partial charge in [-0.05, 0) is 41.8 Å². The number of aryl methyl sites for hydroxylation is 2. The van der Waals surface area contributed by atoms with Crippen molar-refractivity contribution < 1.29 is 23.4 Å². The highest BCUT2D eigenvalue weighted by molar-refractivity contribution is 5.77. The summed E-state index contributed by atoms with van der Waals surface area (Å²) >= 11 is 0. The number of methoxy groups -OCH3 is 3. The number of halogens is 1. The molecule has 8 heteroatoms. The number of carbonyl (C=O) groups is 1. The minimum atomic E-state index is -0.567. The van der Waals surface area contributed by atoms with E-state index >= 15 is 0 Å². The summed E-state index contributed by atoms with van der Waals surface area (Å²) in [6.45, 7) is 0. The second kappa shape index (κ2) is 9.97. The number of nitrogens with zero attached hydrogens (tertiary/aromatic N) is 2. The molecule has 0 saturated carbocycles. The van der Waals surface area contributed by atoms with Gasteiger partial charge in [0.1, 0.15) is 17.7 Å². The molecule has 1 atom stereocenters. The number of aromatic nitrogens is 2. The number of rotatable bonds is 9. The third-order valence-electron chi connectivity index (χ3n) is 4.97. The van der Waals surface area contributed by atoms with Gasteiger partial charge in [-0.15, -0.1) is 0 Å². The summed E-state index contributed by atoms with van der Waals surface area (Å²) in [4.78, 5) is 17.1. The molecule has 0 bridgehead atoms. The summed E-state index contributed by atoms with van der Waals surface area (Å²) in [7, 11) is 6.46. The van der Waals surface area contributed by atoms with Crippen molar-refractivity contribution in [2.24, 2.45) is 7.05 Å².